The zero-order valence-corrected chi connectivity index (χ0v) is 9.46. The Morgan fingerprint density at radius 1 is 1.50 bits per heavy atom. The Morgan fingerprint density at radius 2 is 2.07 bits per heavy atom. The fraction of sp³-hybridized carbons (Fsp3) is 0.818. The van der Waals surface area contributed by atoms with Gasteiger partial charge in [-0.3, -0.25) is 4.79 Å². The van der Waals surface area contributed by atoms with Gasteiger partial charge in [0.1, 0.15) is 0 Å². The second kappa shape index (κ2) is 5.64. The summed E-state index contributed by atoms with van der Waals surface area (Å²) in [6.45, 7) is 7.82. The molecule has 0 heterocycles. The molecule has 0 aromatic rings. The molecule has 3 heteroatoms. The van der Waals surface area contributed by atoms with E-state index in [0.717, 1.165) is 6.42 Å². The van der Waals surface area contributed by atoms with Crippen LogP contribution in [0.3, 0.4) is 0 Å². The highest BCUT2D eigenvalue weighted by Gasteiger charge is 2.42. The summed E-state index contributed by atoms with van der Waals surface area (Å²) >= 11 is 0. The van der Waals surface area contributed by atoms with Gasteiger partial charge in [-0.25, -0.2) is 0 Å². The van der Waals surface area contributed by atoms with E-state index in [9.17, 15) is 4.79 Å². The van der Waals surface area contributed by atoms with Gasteiger partial charge in [-0.1, -0.05) is 27.2 Å². The van der Waals surface area contributed by atoms with Crippen LogP contribution in [-0.4, -0.2) is 12.6 Å². The third kappa shape index (κ3) is 2.47. The second-order valence-corrected chi connectivity index (χ2v) is 3.71. The standard InChI is InChI=1S/C11H19NO2/c1-5-7-11(8-12,9(3)4)10(13)14-6-2/h9H,5-7H2,1-4H3. The number of nitriles is 1. The van der Waals surface area contributed by atoms with Crippen LogP contribution in [0.1, 0.15) is 40.5 Å². The lowest BCUT2D eigenvalue weighted by molar-refractivity contribution is -0.154. The third-order valence-electron chi connectivity index (χ3n) is 2.47. The Kier molecular flexibility index (Phi) is 5.22. The number of ether oxygens (including phenoxy) is 1. The molecule has 0 saturated heterocycles. The van der Waals surface area contributed by atoms with E-state index in [4.69, 9.17) is 10.00 Å². The second-order valence-electron chi connectivity index (χ2n) is 3.71. The number of carbonyl (C=O) groups excluding carboxylic acids is 1. The Bertz CT molecular complexity index is 230. The van der Waals surface area contributed by atoms with E-state index < -0.39 is 5.41 Å². The van der Waals surface area contributed by atoms with E-state index in [1.54, 1.807) is 6.92 Å². The molecule has 0 aliphatic carbocycles. The van der Waals surface area contributed by atoms with Crippen molar-refractivity contribution < 1.29 is 9.53 Å². The van der Waals surface area contributed by atoms with E-state index >= 15 is 0 Å². The fourth-order valence-electron chi connectivity index (χ4n) is 1.51. The monoisotopic (exact) mass is 197 g/mol. The van der Waals surface area contributed by atoms with Crippen molar-refractivity contribution in [1.82, 2.24) is 0 Å². The molecule has 1 atom stereocenters. The molecule has 0 aliphatic rings. The van der Waals surface area contributed by atoms with Crippen LogP contribution in [-0.2, 0) is 9.53 Å². The average molecular weight is 197 g/mol. The van der Waals surface area contributed by atoms with Crippen LogP contribution in [0.25, 0.3) is 0 Å². The Labute approximate surface area is 86.1 Å². The van der Waals surface area contributed by atoms with Gasteiger partial charge in [0.2, 0.25) is 0 Å². The van der Waals surface area contributed by atoms with Gasteiger partial charge in [-0.15, -0.1) is 0 Å². The van der Waals surface area contributed by atoms with Crippen molar-refractivity contribution >= 4 is 5.97 Å². The minimum atomic E-state index is -0.954. The zero-order valence-electron chi connectivity index (χ0n) is 9.46. The third-order valence-corrected chi connectivity index (χ3v) is 2.47. The van der Waals surface area contributed by atoms with Crippen molar-refractivity contribution in [2.24, 2.45) is 11.3 Å². The van der Waals surface area contributed by atoms with Gasteiger partial charge >= 0.3 is 5.97 Å². The summed E-state index contributed by atoms with van der Waals surface area (Å²) in [4.78, 5) is 11.7. The van der Waals surface area contributed by atoms with Crippen LogP contribution >= 0.6 is 0 Å². The van der Waals surface area contributed by atoms with Gasteiger partial charge in [0.05, 0.1) is 12.7 Å². The number of hydrogen-bond acceptors (Lipinski definition) is 3. The molecule has 0 fully saturated rings. The average Bonchev–Trinajstić information content (AvgIpc) is 2.14. The van der Waals surface area contributed by atoms with Crippen molar-refractivity contribution in [3.8, 4) is 6.07 Å². The maximum absolute atomic E-state index is 11.7. The number of hydrogen-bond donors (Lipinski definition) is 0. The van der Waals surface area contributed by atoms with Crippen LogP contribution in [0.15, 0.2) is 0 Å². The minimum absolute atomic E-state index is 0.00787. The number of rotatable bonds is 5. The highest BCUT2D eigenvalue weighted by atomic mass is 16.5. The maximum Gasteiger partial charge on any atom is 0.326 e. The molecule has 0 saturated carbocycles. The first-order valence-corrected chi connectivity index (χ1v) is 5.13. The zero-order chi connectivity index (χ0) is 11.2. The summed E-state index contributed by atoms with van der Waals surface area (Å²) in [6, 6.07) is 2.13. The summed E-state index contributed by atoms with van der Waals surface area (Å²) in [5.41, 5.74) is -0.954. The van der Waals surface area contributed by atoms with Gasteiger partial charge in [0.15, 0.2) is 5.41 Å². The van der Waals surface area contributed by atoms with E-state index in [1.807, 2.05) is 20.8 Å². The molecule has 0 spiro atoms. The molecular formula is C11H19NO2. The van der Waals surface area contributed by atoms with Crippen molar-refractivity contribution in [2.45, 2.75) is 40.5 Å². The van der Waals surface area contributed by atoms with Crippen molar-refractivity contribution in [3.05, 3.63) is 0 Å². The van der Waals surface area contributed by atoms with Gasteiger partial charge < -0.3 is 4.74 Å². The maximum atomic E-state index is 11.7. The number of esters is 1. The van der Waals surface area contributed by atoms with Crippen LogP contribution in [0.5, 0.6) is 0 Å². The predicted molar refractivity (Wildman–Crippen MR) is 54.4 cm³/mol. The van der Waals surface area contributed by atoms with Gasteiger partial charge in [-0.2, -0.15) is 5.26 Å². The Morgan fingerprint density at radius 3 is 2.36 bits per heavy atom. The molecule has 0 radical (unpaired) electrons. The van der Waals surface area contributed by atoms with Crippen LogP contribution in [0.2, 0.25) is 0 Å². The van der Waals surface area contributed by atoms with E-state index in [2.05, 4.69) is 6.07 Å². The smallest absolute Gasteiger partial charge is 0.326 e. The molecule has 0 aliphatic heterocycles. The van der Waals surface area contributed by atoms with Gasteiger partial charge in [-0.05, 0) is 19.3 Å². The first kappa shape index (κ1) is 13.0. The molecule has 3 nitrogen and oxygen atoms in total. The van der Waals surface area contributed by atoms with Crippen molar-refractivity contribution in [2.75, 3.05) is 6.61 Å². The normalized spacial score (nSPS) is 14.6. The summed E-state index contributed by atoms with van der Waals surface area (Å²) in [5.74, 6) is -0.383. The summed E-state index contributed by atoms with van der Waals surface area (Å²) < 4.78 is 4.95. The van der Waals surface area contributed by atoms with Crippen LogP contribution < -0.4 is 0 Å². The van der Waals surface area contributed by atoms with E-state index in [1.165, 1.54) is 0 Å². The lowest BCUT2D eigenvalue weighted by atomic mass is 9.75. The molecule has 1 unspecified atom stereocenters. The van der Waals surface area contributed by atoms with Gasteiger partial charge in [0.25, 0.3) is 0 Å². The lowest BCUT2D eigenvalue weighted by Gasteiger charge is -2.27. The predicted octanol–water partition coefficient (Wildman–Crippen LogP) is 2.52. The van der Waals surface area contributed by atoms with Crippen LogP contribution in [0, 0.1) is 22.7 Å². The van der Waals surface area contributed by atoms with Crippen LogP contribution in [0.4, 0.5) is 0 Å². The molecule has 0 N–H and O–H groups in total. The fourth-order valence-corrected chi connectivity index (χ4v) is 1.51. The summed E-state index contributed by atoms with van der Waals surface area (Å²) in [7, 11) is 0. The Hall–Kier alpha value is -1.04. The van der Waals surface area contributed by atoms with Crippen molar-refractivity contribution in [3.63, 3.8) is 0 Å². The first-order chi connectivity index (χ1) is 6.55. The molecule has 0 aromatic heterocycles. The highest BCUT2D eigenvalue weighted by molar-refractivity contribution is 5.80. The molecule has 0 amide bonds. The largest absolute Gasteiger partial charge is 0.465 e. The molecule has 0 rings (SSSR count). The minimum Gasteiger partial charge on any atom is -0.465 e. The molecular weight excluding hydrogens is 178 g/mol. The molecule has 0 aromatic carbocycles. The first-order valence-electron chi connectivity index (χ1n) is 5.13. The highest BCUT2D eigenvalue weighted by Crippen LogP contribution is 2.33. The van der Waals surface area contributed by atoms with Crippen molar-refractivity contribution in [1.29, 1.82) is 5.26 Å². The topological polar surface area (TPSA) is 50.1 Å². The van der Waals surface area contributed by atoms with E-state index in [-0.39, 0.29) is 11.9 Å². The number of carbonyl (C=O) groups is 1. The van der Waals surface area contributed by atoms with Gasteiger partial charge in [0, 0.05) is 0 Å². The summed E-state index contributed by atoms with van der Waals surface area (Å²) in [6.07, 6.45) is 1.38. The molecule has 14 heavy (non-hydrogen) atoms. The SMILES string of the molecule is CCCC(C#N)(C(=O)OCC)C(C)C. The summed E-state index contributed by atoms with van der Waals surface area (Å²) in [5, 5.41) is 9.12. The Balaban J connectivity index is 4.85. The lowest BCUT2D eigenvalue weighted by Crippen LogP contribution is -2.36. The molecule has 0 bridgehead atoms. The number of nitrogens with zero attached hydrogens (tertiary/aromatic N) is 1. The quantitative estimate of drug-likeness (QED) is 0.636. The molecule has 80 valence electrons. The van der Waals surface area contributed by atoms with E-state index in [0.29, 0.717) is 13.0 Å².